The van der Waals surface area contributed by atoms with E-state index >= 15 is 0 Å². The van der Waals surface area contributed by atoms with Crippen molar-refractivity contribution in [1.82, 2.24) is 10.2 Å². The third-order valence-electron chi connectivity index (χ3n) is 4.84. The van der Waals surface area contributed by atoms with E-state index in [0.717, 1.165) is 0 Å². The summed E-state index contributed by atoms with van der Waals surface area (Å²) in [4.78, 5) is 24.2. The first-order chi connectivity index (χ1) is 14.9. The number of hydrogen-bond acceptors (Lipinski definition) is 6. The molecular formula is C22H31FN2O6S. The molecule has 0 unspecified atom stereocenters. The first kappa shape index (κ1) is 25.8. The highest BCUT2D eigenvalue weighted by Gasteiger charge is 2.22. The number of allylic oxidation sites excluding steroid dienone is 1. The predicted octanol–water partition coefficient (Wildman–Crippen LogP) is 2.38. The number of nitrogens with one attached hydrogen (secondary N) is 1. The largest absolute Gasteiger partial charge is 0.488 e. The minimum atomic E-state index is -3.37. The summed E-state index contributed by atoms with van der Waals surface area (Å²) in [5.41, 5.74) is -0.498. The second-order valence-electron chi connectivity index (χ2n) is 8.62. The third kappa shape index (κ3) is 8.58. The summed E-state index contributed by atoms with van der Waals surface area (Å²) < 4.78 is 44.3. The fourth-order valence-corrected chi connectivity index (χ4v) is 4.71. The molecule has 1 aliphatic rings. The molecular weight excluding hydrogens is 439 g/mol. The van der Waals surface area contributed by atoms with Gasteiger partial charge in [0.25, 0.3) is 0 Å². The van der Waals surface area contributed by atoms with E-state index in [1.165, 1.54) is 23.1 Å². The zero-order chi connectivity index (χ0) is 23.9. The van der Waals surface area contributed by atoms with Gasteiger partial charge in [-0.3, -0.25) is 10.1 Å². The van der Waals surface area contributed by atoms with Crippen LogP contribution in [0, 0.1) is 5.82 Å². The van der Waals surface area contributed by atoms with Crippen LogP contribution >= 0.6 is 0 Å². The molecule has 10 heteroatoms. The quantitative estimate of drug-likeness (QED) is 0.480. The number of ether oxygens (including phenoxy) is 1. The van der Waals surface area contributed by atoms with Gasteiger partial charge in [-0.1, -0.05) is 25.1 Å². The molecule has 0 saturated carbocycles. The summed E-state index contributed by atoms with van der Waals surface area (Å²) in [6.45, 7) is 5.38. The van der Waals surface area contributed by atoms with Crippen LogP contribution in [0.3, 0.4) is 0 Å². The Morgan fingerprint density at radius 1 is 1.31 bits per heavy atom. The third-order valence-corrected chi connectivity index (χ3v) is 6.71. The molecule has 8 nitrogen and oxygen atoms in total. The number of benzene rings is 1. The minimum Gasteiger partial charge on any atom is -0.488 e. The maximum absolute atomic E-state index is 14.0. The molecule has 0 aromatic heterocycles. The van der Waals surface area contributed by atoms with Gasteiger partial charge in [0.15, 0.2) is 21.4 Å². The van der Waals surface area contributed by atoms with E-state index in [1.807, 2.05) is 0 Å². The van der Waals surface area contributed by atoms with Crippen LogP contribution in [0.4, 0.5) is 9.18 Å². The van der Waals surface area contributed by atoms with Crippen LogP contribution in [0.2, 0.25) is 0 Å². The molecule has 1 fully saturated rings. The van der Waals surface area contributed by atoms with Crippen molar-refractivity contribution in [2.24, 2.45) is 0 Å². The van der Waals surface area contributed by atoms with Gasteiger partial charge in [0, 0.05) is 19.5 Å². The smallest absolute Gasteiger partial charge is 0.324 e. The number of carbonyl (C=O) groups excluding carboxylic acids is 2. The Balaban J connectivity index is 1.86. The Kier molecular flexibility index (Phi) is 8.80. The van der Waals surface area contributed by atoms with Crippen LogP contribution in [-0.4, -0.2) is 67.2 Å². The van der Waals surface area contributed by atoms with Crippen LogP contribution in [0.15, 0.2) is 30.4 Å². The standard InChI is InChI=1S/C22H31FN2O6S/c1-16(17-7-8-18(23)19(13-17)31-15-22(2,3)28)14-32(29,30)12-6-4-5-10-25-11-9-20(26)24-21(25)27/h4-5,7-8,13,16,28H,6,9-12,14-15H2,1-3H3,(H,24,26,27)/b5-4+/t16-/m0/s1. The molecule has 178 valence electrons. The SMILES string of the molecule is C[C@@H](CS(=O)(=O)CC/C=C/CN1CCC(=O)NC1=O)c1ccc(F)c(OCC(C)(C)O)c1. The summed E-state index contributed by atoms with van der Waals surface area (Å²) in [5.74, 6) is -1.43. The Morgan fingerprint density at radius 2 is 2.03 bits per heavy atom. The lowest BCUT2D eigenvalue weighted by Gasteiger charge is -2.25. The van der Waals surface area contributed by atoms with Gasteiger partial charge in [0.1, 0.15) is 6.61 Å². The van der Waals surface area contributed by atoms with Crippen LogP contribution in [-0.2, 0) is 14.6 Å². The topological polar surface area (TPSA) is 113 Å². The molecule has 3 amide bonds. The fraction of sp³-hybridized carbons (Fsp3) is 0.545. The molecule has 0 radical (unpaired) electrons. The Labute approximate surface area is 188 Å². The summed E-state index contributed by atoms with van der Waals surface area (Å²) in [6.07, 6.45) is 3.96. The van der Waals surface area contributed by atoms with E-state index in [4.69, 9.17) is 4.74 Å². The normalized spacial score (nSPS) is 16.3. The second kappa shape index (κ2) is 10.9. The molecule has 1 atom stereocenters. The van der Waals surface area contributed by atoms with Gasteiger partial charge >= 0.3 is 6.03 Å². The predicted molar refractivity (Wildman–Crippen MR) is 119 cm³/mol. The van der Waals surface area contributed by atoms with E-state index in [9.17, 15) is 27.5 Å². The number of urea groups is 1. The van der Waals surface area contributed by atoms with E-state index in [1.54, 1.807) is 32.9 Å². The molecule has 0 aliphatic carbocycles. The number of rotatable bonds is 11. The number of carbonyl (C=O) groups is 2. The highest BCUT2D eigenvalue weighted by molar-refractivity contribution is 7.91. The van der Waals surface area contributed by atoms with Gasteiger partial charge < -0.3 is 14.7 Å². The molecule has 2 N–H and O–H groups in total. The first-order valence-corrected chi connectivity index (χ1v) is 12.3. The first-order valence-electron chi connectivity index (χ1n) is 10.4. The molecule has 32 heavy (non-hydrogen) atoms. The van der Waals surface area contributed by atoms with Gasteiger partial charge in [-0.25, -0.2) is 17.6 Å². The molecule has 1 aromatic carbocycles. The number of hydrogen-bond donors (Lipinski definition) is 2. The molecule has 1 heterocycles. The van der Waals surface area contributed by atoms with Crippen molar-refractivity contribution in [3.63, 3.8) is 0 Å². The molecule has 0 spiro atoms. The number of imide groups is 1. The van der Waals surface area contributed by atoms with Crippen LogP contribution in [0.1, 0.15) is 45.1 Å². The van der Waals surface area contributed by atoms with Gasteiger partial charge in [-0.05, 0) is 43.9 Å². The van der Waals surface area contributed by atoms with E-state index in [2.05, 4.69) is 5.32 Å². The molecule has 1 saturated heterocycles. The summed E-state index contributed by atoms with van der Waals surface area (Å²) in [7, 11) is -3.37. The zero-order valence-corrected chi connectivity index (χ0v) is 19.5. The maximum atomic E-state index is 14.0. The van der Waals surface area contributed by atoms with Gasteiger partial charge in [0.05, 0.1) is 17.1 Å². The monoisotopic (exact) mass is 470 g/mol. The van der Waals surface area contributed by atoms with Gasteiger partial charge in [-0.2, -0.15) is 0 Å². The van der Waals surface area contributed by atoms with Crippen molar-refractivity contribution in [3.8, 4) is 5.75 Å². The minimum absolute atomic E-state index is 0.0275. The lowest BCUT2D eigenvalue weighted by molar-refractivity contribution is -0.121. The van der Waals surface area contributed by atoms with Crippen LogP contribution in [0.25, 0.3) is 0 Å². The van der Waals surface area contributed by atoms with E-state index in [-0.39, 0.29) is 42.1 Å². The lowest BCUT2D eigenvalue weighted by Crippen LogP contribution is -2.49. The second-order valence-corrected chi connectivity index (χ2v) is 10.8. The molecule has 1 aliphatic heterocycles. The van der Waals surface area contributed by atoms with Crippen molar-refractivity contribution in [1.29, 1.82) is 0 Å². The summed E-state index contributed by atoms with van der Waals surface area (Å²) in [6, 6.07) is 3.78. The van der Waals surface area contributed by atoms with Crippen molar-refractivity contribution < 1.29 is 32.2 Å². The van der Waals surface area contributed by atoms with Gasteiger partial charge in [-0.15, -0.1) is 0 Å². The highest BCUT2D eigenvalue weighted by atomic mass is 32.2. The average Bonchev–Trinajstić information content (AvgIpc) is 2.67. The van der Waals surface area contributed by atoms with Crippen molar-refractivity contribution >= 4 is 21.8 Å². The Hall–Kier alpha value is -2.46. The highest BCUT2D eigenvalue weighted by Crippen LogP contribution is 2.26. The zero-order valence-electron chi connectivity index (χ0n) is 18.6. The number of halogens is 1. The number of aliphatic hydroxyl groups is 1. The molecule has 0 bridgehead atoms. The Bertz CT molecular complexity index is 956. The van der Waals surface area contributed by atoms with Gasteiger partial charge in [0.2, 0.25) is 5.91 Å². The van der Waals surface area contributed by atoms with Crippen LogP contribution in [0.5, 0.6) is 5.75 Å². The Morgan fingerprint density at radius 3 is 2.69 bits per heavy atom. The van der Waals surface area contributed by atoms with E-state index in [0.29, 0.717) is 25.1 Å². The van der Waals surface area contributed by atoms with Crippen molar-refractivity contribution in [2.45, 2.75) is 45.1 Å². The van der Waals surface area contributed by atoms with E-state index < -0.39 is 27.3 Å². The van der Waals surface area contributed by atoms with Crippen molar-refractivity contribution in [2.75, 3.05) is 31.2 Å². The number of amides is 3. The lowest BCUT2D eigenvalue weighted by atomic mass is 10.0. The molecule has 2 rings (SSSR count). The van der Waals surface area contributed by atoms with Crippen molar-refractivity contribution in [3.05, 3.63) is 41.7 Å². The maximum Gasteiger partial charge on any atom is 0.324 e. The average molecular weight is 471 g/mol. The summed E-state index contributed by atoms with van der Waals surface area (Å²) >= 11 is 0. The fourth-order valence-electron chi connectivity index (χ4n) is 3.09. The number of nitrogens with zero attached hydrogens (tertiary/aromatic N) is 1. The van der Waals surface area contributed by atoms with Crippen LogP contribution < -0.4 is 10.1 Å². The number of sulfone groups is 1. The summed E-state index contributed by atoms with van der Waals surface area (Å²) in [5, 5.41) is 12.0. The molecule has 1 aromatic rings.